The van der Waals surface area contributed by atoms with Crippen molar-refractivity contribution in [1.29, 1.82) is 0 Å². The Kier molecular flexibility index (Phi) is 4.53. The zero-order valence-corrected chi connectivity index (χ0v) is 12.7. The van der Waals surface area contributed by atoms with Crippen LogP contribution in [0, 0.1) is 0 Å². The Hall–Kier alpha value is -0.830. The van der Waals surface area contributed by atoms with Crippen molar-refractivity contribution >= 4 is 21.6 Å². The van der Waals surface area contributed by atoms with E-state index in [-0.39, 0.29) is 6.54 Å². The number of halogens is 4. The van der Waals surface area contributed by atoms with E-state index in [1.807, 2.05) is 0 Å². The van der Waals surface area contributed by atoms with E-state index >= 15 is 0 Å². The molecule has 0 spiro atoms. The third-order valence-corrected chi connectivity index (χ3v) is 5.82. The van der Waals surface area contributed by atoms with Crippen LogP contribution in [0.3, 0.4) is 0 Å². The lowest BCUT2D eigenvalue weighted by Gasteiger charge is -2.33. The Labute approximate surface area is 125 Å². The second-order valence-electron chi connectivity index (χ2n) is 4.78. The zero-order chi connectivity index (χ0) is 15.8. The van der Waals surface area contributed by atoms with Crippen LogP contribution in [0.15, 0.2) is 23.1 Å². The first-order valence-electron chi connectivity index (χ1n) is 6.24. The maximum absolute atomic E-state index is 13.1. The van der Waals surface area contributed by atoms with Gasteiger partial charge in [0.15, 0.2) is 0 Å². The quantitative estimate of drug-likeness (QED) is 0.897. The van der Waals surface area contributed by atoms with Gasteiger partial charge in [-0.3, -0.25) is 0 Å². The molecule has 0 radical (unpaired) electrons. The van der Waals surface area contributed by atoms with Crippen LogP contribution in [-0.2, 0) is 16.2 Å². The predicted molar refractivity (Wildman–Crippen MR) is 72.7 cm³/mol. The van der Waals surface area contributed by atoms with Crippen LogP contribution >= 0.6 is 11.6 Å². The van der Waals surface area contributed by atoms with Gasteiger partial charge in [-0.05, 0) is 19.1 Å². The summed E-state index contributed by atoms with van der Waals surface area (Å²) in [7, 11) is -4.31. The largest absolute Gasteiger partial charge is 0.417 e. The number of hydrogen-bond acceptors (Lipinski definition) is 3. The topological polar surface area (TPSA) is 49.4 Å². The van der Waals surface area contributed by atoms with Crippen molar-refractivity contribution < 1.29 is 21.6 Å². The Morgan fingerprint density at radius 2 is 2.05 bits per heavy atom. The molecule has 1 fully saturated rings. The SMILES string of the molecule is C[C@H]1CNCCN1S(=O)(=O)c1c(Cl)cccc1C(F)(F)F. The van der Waals surface area contributed by atoms with Gasteiger partial charge in [0.25, 0.3) is 0 Å². The lowest BCUT2D eigenvalue weighted by atomic mass is 10.2. The number of rotatable bonds is 2. The Balaban J connectivity index is 2.60. The molecule has 0 aromatic heterocycles. The minimum atomic E-state index is -4.79. The number of benzene rings is 1. The van der Waals surface area contributed by atoms with E-state index in [1.54, 1.807) is 6.92 Å². The molecule has 0 aliphatic carbocycles. The molecule has 1 saturated heterocycles. The summed E-state index contributed by atoms with van der Waals surface area (Å²) in [5.74, 6) is 0. The third-order valence-electron chi connectivity index (χ3n) is 3.28. The molecule has 1 heterocycles. The van der Waals surface area contributed by atoms with Gasteiger partial charge in [0, 0.05) is 25.7 Å². The molecule has 0 bridgehead atoms. The van der Waals surface area contributed by atoms with Gasteiger partial charge in [0.05, 0.1) is 10.6 Å². The highest BCUT2D eigenvalue weighted by molar-refractivity contribution is 7.89. The van der Waals surface area contributed by atoms with Gasteiger partial charge in [0.1, 0.15) is 4.90 Å². The molecule has 1 aliphatic rings. The summed E-state index contributed by atoms with van der Waals surface area (Å²) in [6.07, 6.45) is -4.79. The van der Waals surface area contributed by atoms with Crippen LogP contribution in [0.2, 0.25) is 5.02 Å². The van der Waals surface area contributed by atoms with Gasteiger partial charge in [-0.15, -0.1) is 0 Å². The van der Waals surface area contributed by atoms with Crippen LogP contribution < -0.4 is 5.32 Å². The van der Waals surface area contributed by atoms with Gasteiger partial charge in [0.2, 0.25) is 10.0 Å². The average Bonchev–Trinajstić information content (AvgIpc) is 2.37. The fourth-order valence-electron chi connectivity index (χ4n) is 2.29. The highest BCUT2D eigenvalue weighted by Crippen LogP contribution is 2.39. The second-order valence-corrected chi connectivity index (χ2v) is 7.02. The van der Waals surface area contributed by atoms with Gasteiger partial charge in [-0.2, -0.15) is 17.5 Å². The number of piperazine rings is 1. The van der Waals surface area contributed by atoms with Crippen molar-refractivity contribution in [3.8, 4) is 0 Å². The molecule has 1 aliphatic heterocycles. The van der Waals surface area contributed by atoms with Crippen molar-refractivity contribution in [2.24, 2.45) is 0 Å². The molecule has 1 atom stereocenters. The standard InChI is InChI=1S/C12H14ClF3N2O2S/c1-8-7-17-5-6-18(8)21(19,20)11-9(12(14,15)16)3-2-4-10(11)13/h2-4,8,17H,5-7H2,1H3/t8-/m0/s1. The summed E-state index contributed by atoms with van der Waals surface area (Å²) in [5.41, 5.74) is -1.24. The summed E-state index contributed by atoms with van der Waals surface area (Å²) in [6.45, 7) is 2.50. The predicted octanol–water partition coefficient (Wildman–Crippen LogP) is 2.34. The lowest BCUT2D eigenvalue weighted by Crippen LogP contribution is -2.52. The maximum atomic E-state index is 13.1. The van der Waals surface area contributed by atoms with Crippen molar-refractivity contribution in [1.82, 2.24) is 9.62 Å². The molecule has 1 aromatic carbocycles. The molecular formula is C12H14ClF3N2O2S. The first-order valence-corrected chi connectivity index (χ1v) is 8.06. The first-order chi connectivity index (χ1) is 9.65. The summed E-state index contributed by atoms with van der Waals surface area (Å²) in [6, 6.07) is 2.52. The molecule has 0 amide bonds. The van der Waals surface area contributed by atoms with Crippen LogP contribution in [0.4, 0.5) is 13.2 Å². The molecule has 0 unspecified atom stereocenters. The number of hydrogen-bond donors (Lipinski definition) is 1. The van der Waals surface area contributed by atoms with Gasteiger partial charge in [-0.25, -0.2) is 8.42 Å². The van der Waals surface area contributed by atoms with E-state index < -0.39 is 37.7 Å². The van der Waals surface area contributed by atoms with Crippen LogP contribution in [0.1, 0.15) is 12.5 Å². The number of sulfonamides is 1. The van der Waals surface area contributed by atoms with Crippen LogP contribution in [-0.4, -0.2) is 38.4 Å². The smallest absolute Gasteiger partial charge is 0.314 e. The van der Waals surface area contributed by atoms with Crippen molar-refractivity contribution in [3.05, 3.63) is 28.8 Å². The van der Waals surface area contributed by atoms with Crippen molar-refractivity contribution in [3.63, 3.8) is 0 Å². The van der Waals surface area contributed by atoms with Gasteiger partial charge < -0.3 is 5.32 Å². The first kappa shape index (κ1) is 16.5. The highest BCUT2D eigenvalue weighted by atomic mass is 35.5. The third kappa shape index (κ3) is 3.18. The van der Waals surface area contributed by atoms with Crippen molar-refractivity contribution in [2.75, 3.05) is 19.6 Å². The normalized spacial score (nSPS) is 21.5. The van der Waals surface area contributed by atoms with E-state index in [2.05, 4.69) is 5.32 Å². The monoisotopic (exact) mass is 342 g/mol. The number of alkyl halides is 3. The minimum absolute atomic E-state index is 0.103. The molecule has 4 nitrogen and oxygen atoms in total. The average molecular weight is 343 g/mol. The van der Waals surface area contributed by atoms with E-state index in [0.29, 0.717) is 13.1 Å². The van der Waals surface area contributed by atoms with Crippen molar-refractivity contribution in [2.45, 2.75) is 24.0 Å². The summed E-state index contributed by atoms with van der Waals surface area (Å²) >= 11 is 5.77. The van der Waals surface area contributed by atoms with Crippen LogP contribution in [0.25, 0.3) is 0 Å². The molecule has 0 saturated carbocycles. The van der Waals surface area contributed by atoms with Crippen LogP contribution in [0.5, 0.6) is 0 Å². The second kappa shape index (κ2) is 5.75. The number of nitrogens with one attached hydrogen (secondary N) is 1. The van der Waals surface area contributed by atoms with E-state index in [9.17, 15) is 21.6 Å². The molecule has 1 aromatic rings. The molecular weight excluding hydrogens is 329 g/mol. The fraction of sp³-hybridized carbons (Fsp3) is 0.500. The maximum Gasteiger partial charge on any atom is 0.417 e. The van der Waals surface area contributed by atoms with Gasteiger partial charge >= 0.3 is 6.18 Å². The molecule has 118 valence electrons. The lowest BCUT2D eigenvalue weighted by molar-refractivity contribution is -0.139. The molecule has 9 heteroatoms. The summed E-state index contributed by atoms with van der Waals surface area (Å²) < 4.78 is 65.5. The Morgan fingerprint density at radius 3 is 2.62 bits per heavy atom. The minimum Gasteiger partial charge on any atom is -0.314 e. The summed E-state index contributed by atoms with van der Waals surface area (Å²) in [5, 5.41) is 2.57. The van der Waals surface area contributed by atoms with E-state index in [1.165, 1.54) is 0 Å². The Bertz CT molecular complexity index is 634. The number of nitrogens with zero attached hydrogens (tertiary/aromatic N) is 1. The highest BCUT2D eigenvalue weighted by Gasteiger charge is 2.41. The zero-order valence-electron chi connectivity index (χ0n) is 11.1. The molecule has 1 N–H and O–H groups in total. The molecule has 2 rings (SSSR count). The van der Waals surface area contributed by atoms with Gasteiger partial charge in [-0.1, -0.05) is 17.7 Å². The Morgan fingerprint density at radius 1 is 1.38 bits per heavy atom. The fourth-order valence-corrected chi connectivity index (χ4v) is 4.65. The van der Waals surface area contributed by atoms with E-state index in [4.69, 9.17) is 11.6 Å². The molecule has 21 heavy (non-hydrogen) atoms. The summed E-state index contributed by atoms with van der Waals surface area (Å²) in [4.78, 5) is -0.868. The van der Waals surface area contributed by atoms with E-state index in [0.717, 1.165) is 22.5 Å².